The monoisotopic (exact) mass is 311 g/mol. The highest BCUT2D eigenvalue weighted by molar-refractivity contribution is 6.20. The van der Waals surface area contributed by atoms with E-state index in [9.17, 15) is 0 Å². The molecule has 1 unspecified atom stereocenters. The molecule has 1 N–H and O–H groups in total. The van der Waals surface area contributed by atoms with E-state index in [1.807, 2.05) is 32.0 Å². The number of hydrogen-bond donors (Lipinski definition) is 1. The van der Waals surface area contributed by atoms with Gasteiger partial charge in [0.2, 0.25) is 5.89 Å². The van der Waals surface area contributed by atoms with Crippen molar-refractivity contribution in [2.45, 2.75) is 26.1 Å². The molecule has 114 valence electrons. The van der Waals surface area contributed by atoms with Gasteiger partial charge in [0.05, 0.1) is 13.2 Å². The van der Waals surface area contributed by atoms with Crippen molar-refractivity contribution in [2.75, 3.05) is 18.5 Å². The van der Waals surface area contributed by atoms with Crippen LogP contribution in [0.3, 0.4) is 0 Å². The van der Waals surface area contributed by atoms with Crippen LogP contribution in [0.15, 0.2) is 22.6 Å². The summed E-state index contributed by atoms with van der Waals surface area (Å²) in [6.07, 6.45) is 0. The zero-order valence-corrected chi connectivity index (χ0v) is 13.0. The molecule has 2 rings (SSSR count). The van der Waals surface area contributed by atoms with Crippen LogP contribution in [0.25, 0.3) is 0 Å². The number of aromatic nitrogens is 2. The summed E-state index contributed by atoms with van der Waals surface area (Å²) in [5, 5.41) is 10.4. The number of hydrogen-bond acceptors (Lipinski definition) is 6. The van der Waals surface area contributed by atoms with E-state index >= 15 is 0 Å². The molecule has 6 nitrogen and oxygen atoms in total. The first-order valence-corrected chi connectivity index (χ1v) is 7.21. The molecule has 0 bridgehead atoms. The molecule has 0 radical (unpaired) electrons. The molecule has 0 saturated carbocycles. The molecule has 0 spiro atoms. The highest BCUT2D eigenvalue weighted by Crippen LogP contribution is 2.32. The molecular formula is C14H18ClN3O3. The van der Waals surface area contributed by atoms with Crippen LogP contribution in [0.4, 0.5) is 11.7 Å². The lowest BCUT2D eigenvalue weighted by Gasteiger charge is -2.12. The third kappa shape index (κ3) is 4.01. The van der Waals surface area contributed by atoms with Crippen molar-refractivity contribution in [3.8, 4) is 11.5 Å². The van der Waals surface area contributed by atoms with Crippen molar-refractivity contribution in [3.63, 3.8) is 0 Å². The van der Waals surface area contributed by atoms with Crippen LogP contribution in [0.5, 0.6) is 11.5 Å². The van der Waals surface area contributed by atoms with Gasteiger partial charge in [-0.2, -0.15) is 0 Å². The van der Waals surface area contributed by atoms with E-state index in [1.165, 1.54) is 0 Å². The third-order valence-corrected chi connectivity index (χ3v) is 2.76. The topological polar surface area (TPSA) is 69.4 Å². The van der Waals surface area contributed by atoms with E-state index in [-0.39, 0.29) is 11.4 Å². The van der Waals surface area contributed by atoms with E-state index in [0.29, 0.717) is 30.6 Å². The summed E-state index contributed by atoms with van der Waals surface area (Å²) in [6, 6.07) is 5.78. The molecule has 0 amide bonds. The highest BCUT2D eigenvalue weighted by atomic mass is 35.5. The number of nitrogens with one attached hydrogen (secondary N) is 1. The van der Waals surface area contributed by atoms with Gasteiger partial charge in [-0.1, -0.05) is 5.10 Å². The van der Waals surface area contributed by atoms with Crippen LogP contribution >= 0.6 is 11.6 Å². The second-order valence-corrected chi connectivity index (χ2v) is 4.87. The molecule has 0 fully saturated rings. The minimum absolute atomic E-state index is 0.282. The summed E-state index contributed by atoms with van der Waals surface area (Å²) in [6.45, 7) is 6.74. The maximum atomic E-state index is 5.88. The van der Waals surface area contributed by atoms with Crippen molar-refractivity contribution in [3.05, 3.63) is 24.1 Å². The van der Waals surface area contributed by atoms with Gasteiger partial charge in [-0.25, -0.2) is 0 Å². The summed E-state index contributed by atoms with van der Waals surface area (Å²) >= 11 is 5.88. The van der Waals surface area contributed by atoms with E-state index in [2.05, 4.69) is 15.5 Å². The Kier molecular flexibility index (Phi) is 5.27. The van der Waals surface area contributed by atoms with Crippen molar-refractivity contribution >= 4 is 23.3 Å². The Morgan fingerprint density at radius 3 is 2.52 bits per heavy atom. The zero-order valence-electron chi connectivity index (χ0n) is 12.2. The number of anilines is 2. The number of alkyl halides is 1. The number of halogens is 1. The Hall–Kier alpha value is -1.95. The average Bonchev–Trinajstić information content (AvgIpc) is 2.91. The molecule has 1 aromatic carbocycles. The second-order valence-electron chi connectivity index (χ2n) is 4.21. The molecule has 1 heterocycles. The first-order valence-electron chi connectivity index (χ1n) is 6.78. The number of ether oxygens (including phenoxy) is 2. The summed E-state index contributed by atoms with van der Waals surface area (Å²) in [4.78, 5) is 0. The van der Waals surface area contributed by atoms with Crippen LogP contribution in [0.2, 0.25) is 0 Å². The molecule has 0 aliphatic rings. The predicted molar refractivity (Wildman–Crippen MR) is 80.6 cm³/mol. The Labute approximate surface area is 128 Å². The number of rotatable bonds is 7. The van der Waals surface area contributed by atoms with E-state index in [4.69, 9.17) is 25.5 Å². The Balaban J connectivity index is 2.17. The van der Waals surface area contributed by atoms with Crippen LogP contribution in [-0.2, 0) is 0 Å². The average molecular weight is 312 g/mol. The molecule has 0 aliphatic heterocycles. The van der Waals surface area contributed by atoms with Crippen LogP contribution in [-0.4, -0.2) is 23.4 Å². The van der Waals surface area contributed by atoms with Crippen molar-refractivity contribution < 1.29 is 13.9 Å². The van der Waals surface area contributed by atoms with Crippen LogP contribution in [0, 0.1) is 0 Å². The van der Waals surface area contributed by atoms with Gasteiger partial charge in [-0.15, -0.1) is 16.7 Å². The molecular weight excluding hydrogens is 294 g/mol. The Bertz CT molecular complexity index is 587. The minimum Gasteiger partial charge on any atom is -0.490 e. The lowest BCUT2D eigenvalue weighted by Crippen LogP contribution is -1.99. The van der Waals surface area contributed by atoms with Crippen molar-refractivity contribution in [1.82, 2.24) is 10.2 Å². The van der Waals surface area contributed by atoms with Gasteiger partial charge in [0.25, 0.3) is 0 Å². The van der Waals surface area contributed by atoms with Crippen LogP contribution in [0.1, 0.15) is 32.0 Å². The molecule has 1 atom stereocenters. The summed E-state index contributed by atoms with van der Waals surface area (Å²) in [7, 11) is 0. The van der Waals surface area contributed by atoms with Gasteiger partial charge in [0.15, 0.2) is 11.5 Å². The fourth-order valence-corrected chi connectivity index (χ4v) is 1.79. The zero-order chi connectivity index (χ0) is 15.2. The lowest BCUT2D eigenvalue weighted by atomic mass is 10.2. The molecule has 0 saturated heterocycles. The number of nitrogens with zero attached hydrogens (tertiary/aromatic N) is 2. The highest BCUT2D eigenvalue weighted by Gasteiger charge is 2.12. The normalized spacial score (nSPS) is 12.0. The molecule has 21 heavy (non-hydrogen) atoms. The van der Waals surface area contributed by atoms with Gasteiger partial charge in [-0.3, -0.25) is 0 Å². The first-order chi connectivity index (χ1) is 10.1. The largest absolute Gasteiger partial charge is 0.490 e. The van der Waals surface area contributed by atoms with E-state index in [1.54, 1.807) is 6.92 Å². The molecule has 7 heteroatoms. The predicted octanol–water partition coefficient (Wildman–Crippen LogP) is 3.91. The van der Waals surface area contributed by atoms with Gasteiger partial charge in [0.1, 0.15) is 5.38 Å². The Morgan fingerprint density at radius 2 is 1.90 bits per heavy atom. The van der Waals surface area contributed by atoms with Crippen LogP contribution < -0.4 is 14.8 Å². The van der Waals surface area contributed by atoms with Crippen molar-refractivity contribution in [1.29, 1.82) is 0 Å². The fraction of sp³-hybridized carbons (Fsp3) is 0.429. The quantitative estimate of drug-likeness (QED) is 0.782. The van der Waals surface area contributed by atoms with Gasteiger partial charge in [-0.05, 0) is 32.9 Å². The number of benzene rings is 1. The standard InChI is InChI=1S/C14H18ClN3O3/c1-4-19-11-7-6-10(8-12(11)20-5-2)16-14-18-17-13(21-14)9(3)15/h6-9H,4-5H2,1-3H3,(H,16,18). The smallest absolute Gasteiger partial charge is 0.320 e. The summed E-state index contributed by atoms with van der Waals surface area (Å²) in [5.41, 5.74) is 0.763. The maximum absolute atomic E-state index is 5.88. The van der Waals surface area contributed by atoms with Gasteiger partial charge >= 0.3 is 6.01 Å². The van der Waals surface area contributed by atoms with E-state index < -0.39 is 0 Å². The SMILES string of the molecule is CCOc1ccc(Nc2nnc(C(C)Cl)o2)cc1OCC. The fourth-order valence-electron chi connectivity index (χ4n) is 1.70. The summed E-state index contributed by atoms with van der Waals surface area (Å²) < 4.78 is 16.5. The molecule has 0 aliphatic carbocycles. The second kappa shape index (κ2) is 7.17. The summed E-state index contributed by atoms with van der Waals surface area (Å²) in [5.74, 6) is 1.73. The van der Waals surface area contributed by atoms with Crippen molar-refractivity contribution in [2.24, 2.45) is 0 Å². The maximum Gasteiger partial charge on any atom is 0.320 e. The minimum atomic E-state index is -0.327. The third-order valence-electron chi connectivity index (χ3n) is 2.58. The first kappa shape index (κ1) is 15.4. The van der Waals surface area contributed by atoms with E-state index in [0.717, 1.165) is 5.69 Å². The van der Waals surface area contributed by atoms with Gasteiger partial charge < -0.3 is 19.2 Å². The molecule has 2 aromatic rings. The Morgan fingerprint density at radius 1 is 1.19 bits per heavy atom. The van der Waals surface area contributed by atoms with Gasteiger partial charge in [0, 0.05) is 11.8 Å². The molecule has 1 aromatic heterocycles. The lowest BCUT2D eigenvalue weighted by molar-refractivity contribution is 0.288.